The Hall–Kier alpha value is -3.42. The van der Waals surface area contributed by atoms with E-state index in [9.17, 15) is 30.6 Å². The van der Waals surface area contributed by atoms with Crippen LogP contribution in [0.1, 0.15) is 0 Å². The van der Waals surface area contributed by atoms with Crippen LogP contribution in [0.25, 0.3) is 11.4 Å². The maximum Gasteiger partial charge on any atom is 0.242 e. The number of hydrogen-bond donors (Lipinski definition) is 6. The summed E-state index contributed by atoms with van der Waals surface area (Å²) in [6.07, 6.45) is 0. The number of benzene rings is 1. The van der Waals surface area contributed by atoms with Crippen molar-refractivity contribution < 1.29 is 30.6 Å². The molecular weight excluding hydrogens is 292 g/mol. The second kappa shape index (κ2) is 4.55. The van der Waals surface area contributed by atoms with Gasteiger partial charge >= 0.3 is 0 Å². The van der Waals surface area contributed by atoms with Crippen LogP contribution in [0.5, 0.6) is 35.0 Å². The molecule has 0 aliphatic carbocycles. The van der Waals surface area contributed by atoms with Gasteiger partial charge in [-0.2, -0.15) is 0 Å². The van der Waals surface area contributed by atoms with E-state index < -0.39 is 35.0 Å². The van der Waals surface area contributed by atoms with Gasteiger partial charge in [-0.3, -0.25) is 0 Å². The summed E-state index contributed by atoms with van der Waals surface area (Å²) < 4.78 is 1.94. The van der Waals surface area contributed by atoms with Gasteiger partial charge in [0.05, 0.1) is 11.4 Å². The average Bonchev–Trinajstić information content (AvgIpc) is 2.86. The number of aromatic hydroxyl groups is 6. The Bertz CT molecular complexity index is 797. The Balaban J connectivity index is 2.18. The predicted octanol–water partition coefficient (Wildman–Crippen LogP) is 1.50. The van der Waals surface area contributed by atoms with Gasteiger partial charge < -0.3 is 30.6 Å². The molecule has 114 valence electrons. The molecule has 3 aromatic rings. The van der Waals surface area contributed by atoms with Crippen LogP contribution in [0.3, 0.4) is 0 Å². The number of hydrogen-bond acceptors (Lipinski definition) is 6. The highest BCUT2D eigenvalue weighted by Gasteiger charge is 2.18. The SMILES string of the molecule is Oc1cc(O)n(-c2cccc(-n3c(O)cc(O)c3O)c2)c1O. The van der Waals surface area contributed by atoms with Crippen LogP contribution in [0.2, 0.25) is 0 Å². The third-order valence-corrected chi connectivity index (χ3v) is 3.22. The second-order valence-corrected chi connectivity index (χ2v) is 4.61. The van der Waals surface area contributed by atoms with Gasteiger partial charge in [0.25, 0.3) is 0 Å². The zero-order valence-electron chi connectivity index (χ0n) is 11.0. The molecule has 3 rings (SSSR count). The molecule has 0 bridgehead atoms. The van der Waals surface area contributed by atoms with Crippen molar-refractivity contribution in [1.29, 1.82) is 0 Å². The molecule has 0 fully saturated rings. The normalized spacial score (nSPS) is 10.9. The molecule has 6 N–H and O–H groups in total. The van der Waals surface area contributed by atoms with E-state index in [4.69, 9.17) is 0 Å². The van der Waals surface area contributed by atoms with E-state index in [-0.39, 0.29) is 11.4 Å². The molecule has 0 radical (unpaired) electrons. The van der Waals surface area contributed by atoms with Crippen LogP contribution < -0.4 is 0 Å². The van der Waals surface area contributed by atoms with E-state index in [1.165, 1.54) is 24.3 Å². The number of nitrogens with zero attached hydrogens (tertiary/aromatic N) is 2. The standard InChI is InChI=1S/C14H12N2O6/c17-9-5-11(19)15(13(9)21)7-2-1-3-8(4-7)16-12(20)6-10(18)14(16)22/h1-6,17-22H. The molecule has 0 unspecified atom stereocenters. The molecule has 0 amide bonds. The molecule has 22 heavy (non-hydrogen) atoms. The minimum Gasteiger partial charge on any atom is -0.503 e. The smallest absolute Gasteiger partial charge is 0.242 e. The van der Waals surface area contributed by atoms with Gasteiger partial charge in [-0.05, 0) is 18.2 Å². The summed E-state index contributed by atoms with van der Waals surface area (Å²) in [4.78, 5) is 0. The van der Waals surface area contributed by atoms with Crippen molar-refractivity contribution in [2.45, 2.75) is 0 Å². The predicted molar refractivity (Wildman–Crippen MR) is 75.1 cm³/mol. The largest absolute Gasteiger partial charge is 0.503 e. The minimum absolute atomic E-state index is 0.264. The number of rotatable bonds is 2. The summed E-state index contributed by atoms with van der Waals surface area (Å²) >= 11 is 0. The van der Waals surface area contributed by atoms with Crippen molar-refractivity contribution in [2.75, 3.05) is 0 Å². The Morgan fingerprint density at radius 2 is 1.00 bits per heavy atom. The number of aromatic nitrogens is 2. The van der Waals surface area contributed by atoms with Gasteiger partial charge in [0, 0.05) is 12.1 Å². The van der Waals surface area contributed by atoms with Crippen LogP contribution in [0, 0.1) is 0 Å². The lowest BCUT2D eigenvalue weighted by Gasteiger charge is -2.11. The summed E-state index contributed by atoms with van der Waals surface area (Å²) in [6, 6.07) is 7.95. The van der Waals surface area contributed by atoms with E-state index in [0.29, 0.717) is 0 Å². The summed E-state index contributed by atoms with van der Waals surface area (Å²) in [7, 11) is 0. The highest BCUT2D eigenvalue weighted by molar-refractivity contribution is 5.56. The van der Waals surface area contributed by atoms with Gasteiger partial charge in [0.2, 0.25) is 23.5 Å². The maximum atomic E-state index is 9.75. The highest BCUT2D eigenvalue weighted by atomic mass is 16.3. The second-order valence-electron chi connectivity index (χ2n) is 4.61. The van der Waals surface area contributed by atoms with Crippen molar-refractivity contribution in [2.24, 2.45) is 0 Å². The van der Waals surface area contributed by atoms with Gasteiger partial charge in [0.15, 0.2) is 11.5 Å². The fourth-order valence-electron chi connectivity index (χ4n) is 2.23. The molecule has 8 nitrogen and oxygen atoms in total. The zero-order chi connectivity index (χ0) is 16.0. The first kappa shape index (κ1) is 13.6. The molecule has 1 aromatic carbocycles. The molecule has 0 aliphatic heterocycles. The molecule has 0 aliphatic rings. The molecule has 0 atom stereocenters. The lowest BCUT2D eigenvalue weighted by molar-refractivity contribution is 0.376. The first-order valence-corrected chi connectivity index (χ1v) is 6.16. The van der Waals surface area contributed by atoms with Gasteiger partial charge in [-0.1, -0.05) is 6.07 Å². The Morgan fingerprint density at radius 1 is 0.591 bits per heavy atom. The van der Waals surface area contributed by atoms with Crippen LogP contribution >= 0.6 is 0 Å². The van der Waals surface area contributed by atoms with Crippen LogP contribution in [0.4, 0.5) is 0 Å². The zero-order valence-corrected chi connectivity index (χ0v) is 11.0. The van der Waals surface area contributed by atoms with Gasteiger partial charge in [-0.25, -0.2) is 9.13 Å². The molecule has 0 saturated heterocycles. The van der Waals surface area contributed by atoms with E-state index in [1.54, 1.807) is 0 Å². The fourth-order valence-corrected chi connectivity index (χ4v) is 2.23. The van der Waals surface area contributed by atoms with Crippen LogP contribution in [0.15, 0.2) is 36.4 Å². The van der Waals surface area contributed by atoms with Crippen molar-refractivity contribution >= 4 is 0 Å². The van der Waals surface area contributed by atoms with Gasteiger partial charge in [-0.15, -0.1) is 0 Å². The van der Waals surface area contributed by atoms with Crippen molar-refractivity contribution in [3.63, 3.8) is 0 Å². The van der Waals surface area contributed by atoms with Crippen LogP contribution in [-0.2, 0) is 0 Å². The lowest BCUT2D eigenvalue weighted by atomic mass is 10.2. The molecule has 2 heterocycles. The Labute approximate surface area is 123 Å². The molecular formula is C14H12N2O6. The molecule has 2 aromatic heterocycles. The monoisotopic (exact) mass is 304 g/mol. The first-order valence-electron chi connectivity index (χ1n) is 6.16. The lowest BCUT2D eigenvalue weighted by Crippen LogP contribution is -1.97. The fraction of sp³-hybridized carbons (Fsp3) is 0. The maximum absolute atomic E-state index is 9.75. The third kappa shape index (κ3) is 1.85. The summed E-state index contributed by atoms with van der Waals surface area (Å²) in [5.74, 6) is -2.89. The van der Waals surface area contributed by atoms with Crippen molar-refractivity contribution in [3.8, 4) is 46.4 Å². The van der Waals surface area contributed by atoms with E-state index in [0.717, 1.165) is 21.3 Å². The van der Waals surface area contributed by atoms with Crippen molar-refractivity contribution in [1.82, 2.24) is 9.13 Å². The molecule has 0 spiro atoms. The minimum atomic E-state index is -0.557. The van der Waals surface area contributed by atoms with E-state index in [2.05, 4.69) is 0 Å². The topological polar surface area (TPSA) is 131 Å². The third-order valence-electron chi connectivity index (χ3n) is 3.22. The highest BCUT2D eigenvalue weighted by Crippen LogP contribution is 2.39. The van der Waals surface area contributed by atoms with E-state index >= 15 is 0 Å². The average molecular weight is 304 g/mol. The molecule has 0 saturated carbocycles. The van der Waals surface area contributed by atoms with Crippen LogP contribution in [-0.4, -0.2) is 39.8 Å². The van der Waals surface area contributed by atoms with E-state index in [1.807, 2.05) is 0 Å². The quantitative estimate of drug-likeness (QED) is 0.425. The Morgan fingerprint density at radius 3 is 1.32 bits per heavy atom. The first-order chi connectivity index (χ1) is 10.4. The summed E-state index contributed by atoms with van der Waals surface area (Å²) in [5.41, 5.74) is 0.527. The van der Waals surface area contributed by atoms with Crippen molar-refractivity contribution in [3.05, 3.63) is 36.4 Å². The molecule has 8 heteroatoms. The van der Waals surface area contributed by atoms with Gasteiger partial charge in [0.1, 0.15) is 0 Å². The summed E-state index contributed by atoms with van der Waals surface area (Å²) in [5, 5.41) is 57.8. The summed E-state index contributed by atoms with van der Waals surface area (Å²) in [6.45, 7) is 0. The Kier molecular flexibility index (Phi) is 2.81.